The average molecular weight is 293 g/mol. The number of carbonyl (C=O) groups is 2. The lowest BCUT2D eigenvalue weighted by Crippen LogP contribution is -2.43. The summed E-state index contributed by atoms with van der Waals surface area (Å²) in [4.78, 5) is 26.0. The molecule has 4 unspecified atom stereocenters. The first-order valence-electron chi connectivity index (χ1n) is 7.81. The number of hydrogen-bond donors (Lipinski definition) is 1. The van der Waals surface area contributed by atoms with Crippen LogP contribution in [0.2, 0.25) is 0 Å². The number of ether oxygens (including phenoxy) is 1. The van der Waals surface area contributed by atoms with Gasteiger partial charge in [-0.3, -0.25) is 9.59 Å². The Morgan fingerprint density at radius 2 is 1.81 bits per heavy atom. The highest BCUT2D eigenvalue weighted by atomic mass is 16.5. The molecule has 2 aliphatic carbocycles. The van der Waals surface area contributed by atoms with Gasteiger partial charge in [0, 0.05) is 26.8 Å². The summed E-state index contributed by atoms with van der Waals surface area (Å²) in [5.41, 5.74) is 0. The Balaban J connectivity index is 1.66. The van der Waals surface area contributed by atoms with Gasteiger partial charge in [0.25, 0.3) is 0 Å². The molecule has 0 aromatic carbocycles. The topological polar surface area (TPSA) is 66.8 Å². The van der Waals surface area contributed by atoms with Gasteiger partial charge >= 0.3 is 5.97 Å². The van der Waals surface area contributed by atoms with Crippen LogP contribution < -0.4 is 0 Å². The Kier molecular flexibility index (Phi) is 4.02. The minimum absolute atomic E-state index is 0.00532. The molecule has 1 saturated carbocycles. The fourth-order valence-corrected chi connectivity index (χ4v) is 4.16. The smallest absolute Gasteiger partial charge is 0.307 e. The molecule has 1 heterocycles. The number of carbonyl (C=O) groups excluding carboxylic acids is 1. The highest BCUT2D eigenvalue weighted by Gasteiger charge is 2.52. The van der Waals surface area contributed by atoms with E-state index in [-0.39, 0.29) is 23.7 Å². The summed E-state index contributed by atoms with van der Waals surface area (Å²) < 4.78 is 5.34. The molecule has 1 aliphatic heterocycles. The lowest BCUT2D eigenvalue weighted by atomic mass is 9.82. The van der Waals surface area contributed by atoms with Crippen molar-refractivity contribution in [1.29, 1.82) is 0 Å². The third-order valence-electron chi connectivity index (χ3n) is 5.28. The van der Waals surface area contributed by atoms with Gasteiger partial charge < -0.3 is 14.7 Å². The molecular formula is C16H23NO4. The van der Waals surface area contributed by atoms with Crippen molar-refractivity contribution in [1.82, 2.24) is 4.90 Å². The Morgan fingerprint density at radius 3 is 2.43 bits per heavy atom. The Bertz CT molecular complexity index is 455. The van der Waals surface area contributed by atoms with Gasteiger partial charge in [-0.1, -0.05) is 12.2 Å². The lowest BCUT2D eigenvalue weighted by molar-refractivity contribution is -0.150. The van der Waals surface area contributed by atoms with Crippen molar-refractivity contribution in [3.05, 3.63) is 12.2 Å². The monoisotopic (exact) mass is 293 g/mol. The molecule has 5 nitrogen and oxygen atoms in total. The lowest BCUT2D eigenvalue weighted by Gasteiger charge is -2.32. The van der Waals surface area contributed by atoms with E-state index in [0.29, 0.717) is 12.5 Å². The molecule has 5 heteroatoms. The Hall–Kier alpha value is -1.36. The third-order valence-corrected chi connectivity index (χ3v) is 5.28. The highest BCUT2D eigenvalue weighted by molar-refractivity contribution is 5.86. The molecule has 1 N–H and O–H groups in total. The van der Waals surface area contributed by atoms with E-state index < -0.39 is 11.9 Å². The van der Waals surface area contributed by atoms with Gasteiger partial charge in [-0.15, -0.1) is 0 Å². The van der Waals surface area contributed by atoms with Crippen molar-refractivity contribution in [2.45, 2.75) is 19.3 Å². The fraction of sp³-hybridized carbons (Fsp3) is 0.750. The first kappa shape index (κ1) is 14.6. The van der Waals surface area contributed by atoms with Crippen LogP contribution >= 0.6 is 0 Å². The largest absolute Gasteiger partial charge is 0.481 e. The summed E-state index contributed by atoms with van der Waals surface area (Å²) in [5.74, 6) is -1.11. The fourth-order valence-electron chi connectivity index (χ4n) is 4.16. The van der Waals surface area contributed by atoms with Crippen LogP contribution in [0.15, 0.2) is 12.2 Å². The van der Waals surface area contributed by atoms with Crippen molar-refractivity contribution < 1.29 is 19.4 Å². The molecule has 1 amide bonds. The molecule has 3 rings (SSSR count). The zero-order chi connectivity index (χ0) is 15.0. The van der Waals surface area contributed by atoms with E-state index in [2.05, 4.69) is 0 Å². The molecular weight excluding hydrogens is 270 g/mol. The molecule has 2 bridgehead atoms. The highest BCUT2D eigenvalue weighted by Crippen LogP contribution is 2.48. The number of aliphatic carboxylic acids is 1. The van der Waals surface area contributed by atoms with Gasteiger partial charge in [0.1, 0.15) is 0 Å². The van der Waals surface area contributed by atoms with Crippen molar-refractivity contribution in [2.75, 3.05) is 26.8 Å². The third kappa shape index (κ3) is 2.71. The number of hydrogen-bond acceptors (Lipinski definition) is 3. The van der Waals surface area contributed by atoms with E-state index in [9.17, 15) is 14.7 Å². The molecule has 0 aromatic rings. The van der Waals surface area contributed by atoms with E-state index in [0.717, 1.165) is 32.5 Å². The van der Waals surface area contributed by atoms with Crippen molar-refractivity contribution in [2.24, 2.45) is 29.6 Å². The summed E-state index contributed by atoms with van der Waals surface area (Å²) in [6.07, 6.45) is 6.80. The number of carboxylic acids is 1. The van der Waals surface area contributed by atoms with Crippen LogP contribution in [0, 0.1) is 29.6 Å². The second-order valence-corrected chi connectivity index (χ2v) is 6.61. The van der Waals surface area contributed by atoms with E-state index in [1.807, 2.05) is 19.2 Å². The molecule has 116 valence electrons. The minimum Gasteiger partial charge on any atom is -0.481 e. The average Bonchev–Trinajstić information content (AvgIpc) is 3.08. The van der Waals surface area contributed by atoms with Crippen LogP contribution in [0.3, 0.4) is 0 Å². The van der Waals surface area contributed by atoms with E-state index in [1.54, 1.807) is 4.90 Å². The zero-order valence-corrected chi connectivity index (χ0v) is 12.4. The van der Waals surface area contributed by atoms with Crippen molar-refractivity contribution in [3.63, 3.8) is 0 Å². The number of nitrogens with zero attached hydrogens (tertiary/aromatic N) is 1. The first-order valence-corrected chi connectivity index (χ1v) is 7.81. The first-order chi connectivity index (χ1) is 10.1. The summed E-state index contributed by atoms with van der Waals surface area (Å²) >= 11 is 0. The number of rotatable bonds is 4. The van der Waals surface area contributed by atoms with Gasteiger partial charge in [-0.2, -0.15) is 0 Å². The van der Waals surface area contributed by atoms with Gasteiger partial charge in [0.15, 0.2) is 0 Å². The van der Waals surface area contributed by atoms with E-state index in [4.69, 9.17) is 4.74 Å². The molecule has 0 aromatic heterocycles. The maximum absolute atomic E-state index is 12.7. The zero-order valence-electron chi connectivity index (χ0n) is 12.4. The molecule has 3 aliphatic rings. The number of amides is 1. The normalized spacial score (nSPS) is 35.1. The number of carboxylic acid groups (broad SMARTS) is 1. The van der Waals surface area contributed by atoms with Crippen LogP contribution in [0.1, 0.15) is 19.3 Å². The summed E-state index contributed by atoms with van der Waals surface area (Å²) in [6.45, 7) is 2.24. The maximum atomic E-state index is 12.7. The van der Waals surface area contributed by atoms with Crippen LogP contribution in [-0.2, 0) is 14.3 Å². The molecule has 0 spiro atoms. The van der Waals surface area contributed by atoms with Gasteiger partial charge in [0.05, 0.1) is 11.8 Å². The SMILES string of the molecule is CN(CC1CCOCC1)C(=O)C1C2C=CC(C2)C1C(=O)O. The Labute approximate surface area is 124 Å². The summed E-state index contributed by atoms with van der Waals surface area (Å²) in [6, 6.07) is 0. The summed E-state index contributed by atoms with van der Waals surface area (Å²) in [5, 5.41) is 9.44. The van der Waals surface area contributed by atoms with Crippen LogP contribution in [0.4, 0.5) is 0 Å². The molecule has 2 fully saturated rings. The van der Waals surface area contributed by atoms with Crippen LogP contribution in [-0.4, -0.2) is 48.7 Å². The maximum Gasteiger partial charge on any atom is 0.307 e. The Morgan fingerprint density at radius 1 is 1.19 bits per heavy atom. The molecule has 4 atom stereocenters. The van der Waals surface area contributed by atoms with Gasteiger partial charge in [0.2, 0.25) is 5.91 Å². The van der Waals surface area contributed by atoms with Crippen molar-refractivity contribution in [3.8, 4) is 0 Å². The standard InChI is InChI=1S/C16H23NO4/c1-17(9-10-4-6-21-7-5-10)15(18)13-11-2-3-12(8-11)14(13)16(19)20/h2-3,10-14H,4-9H2,1H3,(H,19,20). The number of fused-ring (bicyclic) bond motifs is 2. The summed E-state index contributed by atoms with van der Waals surface area (Å²) in [7, 11) is 1.81. The van der Waals surface area contributed by atoms with Gasteiger partial charge in [-0.05, 0) is 37.0 Å². The van der Waals surface area contributed by atoms with E-state index in [1.165, 1.54) is 0 Å². The van der Waals surface area contributed by atoms with Crippen molar-refractivity contribution >= 4 is 11.9 Å². The molecule has 0 radical (unpaired) electrons. The van der Waals surface area contributed by atoms with Crippen LogP contribution in [0.25, 0.3) is 0 Å². The molecule has 21 heavy (non-hydrogen) atoms. The predicted octanol–water partition coefficient (Wildman–Crippen LogP) is 1.39. The quantitative estimate of drug-likeness (QED) is 0.796. The minimum atomic E-state index is -0.829. The van der Waals surface area contributed by atoms with E-state index >= 15 is 0 Å². The predicted molar refractivity (Wildman–Crippen MR) is 76.5 cm³/mol. The molecule has 1 saturated heterocycles. The van der Waals surface area contributed by atoms with Gasteiger partial charge in [-0.25, -0.2) is 0 Å². The second-order valence-electron chi connectivity index (χ2n) is 6.61. The second kappa shape index (κ2) is 5.79. The van der Waals surface area contributed by atoms with Crippen LogP contribution in [0.5, 0.6) is 0 Å². The number of allylic oxidation sites excluding steroid dienone is 2.